The van der Waals surface area contributed by atoms with E-state index in [2.05, 4.69) is 15.5 Å². The predicted molar refractivity (Wildman–Crippen MR) is 147 cm³/mol. The van der Waals surface area contributed by atoms with Crippen molar-refractivity contribution < 1.29 is 24.1 Å². The summed E-state index contributed by atoms with van der Waals surface area (Å²) < 4.78 is 20.3. The number of benzene rings is 1. The van der Waals surface area contributed by atoms with Gasteiger partial charge in [-0.3, -0.25) is 14.3 Å². The van der Waals surface area contributed by atoms with E-state index < -0.39 is 17.4 Å². The van der Waals surface area contributed by atoms with E-state index in [-0.39, 0.29) is 24.4 Å². The van der Waals surface area contributed by atoms with Gasteiger partial charge in [0.2, 0.25) is 0 Å². The third-order valence-corrected chi connectivity index (χ3v) is 7.36. The van der Waals surface area contributed by atoms with Gasteiger partial charge in [-0.1, -0.05) is 43.9 Å². The summed E-state index contributed by atoms with van der Waals surface area (Å²) in [6.45, 7) is 4.69. The van der Waals surface area contributed by atoms with Gasteiger partial charge in [-0.05, 0) is 44.2 Å². The highest BCUT2D eigenvalue weighted by Crippen LogP contribution is 2.32. The first kappa shape index (κ1) is 28.0. The largest absolute Gasteiger partial charge is 0.455 e. The zero-order chi connectivity index (χ0) is 28.1. The predicted octanol–water partition coefficient (Wildman–Crippen LogP) is 3.68. The van der Waals surface area contributed by atoms with Crippen LogP contribution in [0.2, 0.25) is 0 Å². The first-order valence-electron chi connectivity index (χ1n) is 13.9. The highest BCUT2D eigenvalue weighted by molar-refractivity contribution is 5.92. The van der Waals surface area contributed by atoms with Crippen LogP contribution in [0.4, 0.5) is 5.82 Å². The van der Waals surface area contributed by atoms with Crippen molar-refractivity contribution in [2.45, 2.75) is 76.9 Å². The van der Waals surface area contributed by atoms with Gasteiger partial charge >= 0.3 is 0 Å². The van der Waals surface area contributed by atoms with Crippen LogP contribution in [0.1, 0.15) is 57.6 Å². The molecule has 1 aliphatic carbocycles. The molecule has 2 atom stereocenters. The number of amides is 1. The molecule has 1 aromatic carbocycles. The van der Waals surface area contributed by atoms with Crippen molar-refractivity contribution >= 4 is 11.7 Å². The van der Waals surface area contributed by atoms with E-state index in [0.29, 0.717) is 43.5 Å². The smallest absolute Gasteiger partial charge is 0.271 e. The van der Waals surface area contributed by atoms with Crippen molar-refractivity contribution in [2.24, 2.45) is 5.92 Å². The van der Waals surface area contributed by atoms with Crippen molar-refractivity contribution in [3.05, 3.63) is 64.7 Å². The summed E-state index contributed by atoms with van der Waals surface area (Å²) in [7, 11) is 0. The molecule has 11 heteroatoms. The number of nitrogens with one attached hydrogen (secondary N) is 1. The monoisotopic (exact) mass is 551 g/mol. The molecule has 1 saturated carbocycles. The number of aromatic nitrogens is 4. The second-order valence-electron chi connectivity index (χ2n) is 10.9. The van der Waals surface area contributed by atoms with Crippen molar-refractivity contribution in [1.82, 2.24) is 19.6 Å². The molecule has 2 aromatic heterocycles. The van der Waals surface area contributed by atoms with Crippen molar-refractivity contribution in [1.29, 1.82) is 0 Å². The number of rotatable bonds is 11. The molecule has 214 valence electrons. The van der Waals surface area contributed by atoms with Gasteiger partial charge in [0.15, 0.2) is 17.4 Å². The Bertz CT molecular complexity index is 1360. The molecule has 3 aromatic rings. The molecule has 40 heavy (non-hydrogen) atoms. The lowest BCUT2D eigenvalue weighted by Gasteiger charge is -2.21. The minimum absolute atomic E-state index is 0.0165. The molecule has 5 rings (SSSR count). The lowest BCUT2D eigenvalue weighted by atomic mass is 9.98. The number of aliphatic hydroxyl groups excluding tert-OH is 1. The Morgan fingerprint density at radius 1 is 1.25 bits per heavy atom. The molecular formula is C29H37N5O6. The standard InChI is InChI=1S/C29H37N5O6/c1-29(2)38-19-23(40-29)18-33-13-11-26(32-33)31-28(37)24(15-20-7-3-4-8-20)34-27(36)16-22(17-30-34)39-25-10-6-5-9-21(25)12-14-35/h5-6,9-11,13,16-17,20,23-24,35H,3-4,7-8,12,14-15,18-19H2,1-2H3,(H,31,32,37). The van der Waals surface area contributed by atoms with Crippen LogP contribution in [-0.4, -0.2) is 55.7 Å². The molecular weight excluding hydrogens is 514 g/mol. The third-order valence-electron chi connectivity index (χ3n) is 7.36. The number of hydrogen-bond acceptors (Lipinski definition) is 8. The third kappa shape index (κ3) is 6.96. The lowest BCUT2D eigenvalue weighted by Crippen LogP contribution is -2.36. The van der Waals surface area contributed by atoms with E-state index >= 15 is 0 Å². The van der Waals surface area contributed by atoms with Gasteiger partial charge in [0.05, 0.1) is 19.3 Å². The van der Waals surface area contributed by atoms with Crippen LogP contribution >= 0.6 is 0 Å². The average Bonchev–Trinajstić information content (AvgIpc) is 3.67. The molecule has 2 fully saturated rings. The minimum Gasteiger partial charge on any atom is -0.455 e. The summed E-state index contributed by atoms with van der Waals surface area (Å²) in [6.07, 6.45) is 8.33. The number of ether oxygens (including phenoxy) is 3. The quantitative estimate of drug-likeness (QED) is 0.369. The van der Waals surface area contributed by atoms with Crippen LogP contribution in [-0.2, 0) is 27.2 Å². The Labute approximate surface area is 233 Å². The Balaban J connectivity index is 1.31. The molecule has 11 nitrogen and oxygen atoms in total. The zero-order valence-corrected chi connectivity index (χ0v) is 23.0. The van der Waals surface area contributed by atoms with E-state index in [9.17, 15) is 14.7 Å². The van der Waals surface area contributed by atoms with Gasteiger partial charge in [0, 0.05) is 24.9 Å². The fourth-order valence-corrected chi connectivity index (χ4v) is 5.43. The minimum atomic E-state index is -0.788. The number of carbonyl (C=O) groups excluding carboxylic acids is 1. The van der Waals surface area contributed by atoms with Crippen LogP contribution in [0.15, 0.2) is 53.6 Å². The normalized spacial score (nSPS) is 19.5. The van der Waals surface area contributed by atoms with E-state index in [1.807, 2.05) is 32.0 Å². The molecule has 0 spiro atoms. The van der Waals surface area contributed by atoms with Gasteiger partial charge < -0.3 is 24.6 Å². The molecule has 0 radical (unpaired) electrons. The number of carbonyl (C=O) groups is 1. The van der Waals surface area contributed by atoms with E-state index in [1.165, 1.54) is 16.9 Å². The van der Waals surface area contributed by atoms with Gasteiger partial charge in [0.1, 0.15) is 17.9 Å². The summed E-state index contributed by atoms with van der Waals surface area (Å²) >= 11 is 0. The van der Waals surface area contributed by atoms with Crippen LogP contribution < -0.4 is 15.6 Å². The maximum atomic E-state index is 13.5. The fraction of sp³-hybridized carbons (Fsp3) is 0.517. The van der Waals surface area contributed by atoms with Crippen LogP contribution in [0.3, 0.4) is 0 Å². The van der Waals surface area contributed by atoms with E-state index in [4.69, 9.17) is 14.2 Å². The summed E-state index contributed by atoms with van der Waals surface area (Å²) in [5.74, 6) is 0.595. The summed E-state index contributed by atoms with van der Waals surface area (Å²) in [5, 5.41) is 21.1. The Morgan fingerprint density at radius 2 is 2.05 bits per heavy atom. The first-order chi connectivity index (χ1) is 19.3. The maximum absolute atomic E-state index is 13.5. The van der Waals surface area contributed by atoms with Crippen molar-refractivity contribution in [2.75, 3.05) is 18.5 Å². The highest BCUT2D eigenvalue weighted by Gasteiger charge is 2.33. The number of anilines is 1. The maximum Gasteiger partial charge on any atom is 0.271 e. The SMILES string of the molecule is CC1(C)OCC(Cn2ccc(NC(=O)C(CC3CCCC3)n3ncc(Oc4ccccc4CCO)cc3=O)n2)O1. The molecule has 0 bridgehead atoms. The van der Waals surface area contributed by atoms with Gasteiger partial charge in [0.25, 0.3) is 11.5 Å². The van der Waals surface area contributed by atoms with E-state index in [0.717, 1.165) is 31.2 Å². The second kappa shape index (κ2) is 12.3. The zero-order valence-electron chi connectivity index (χ0n) is 23.0. The lowest BCUT2D eigenvalue weighted by molar-refractivity contribution is -0.139. The molecule has 1 amide bonds. The molecule has 1 saturated heterocycles. The summed E-state index contributed by atoms with van der Waals surface area (Å²) in [6, 6.07) is 9.60. The van der Waals surface area contributed by atoms with Gasteiger partial charge in [-0.2, -0.15) is 10.2 Å². The summed E-state index contributed by atoms with van der Waals surface area (Å²) in [4.78, 5) is 26.7. The Morgan fingerprint density at radius 3 is 2.77 bits per heavy atom. The van der Waals surface area contributed by atoms with Crippen LogP contribution in [0, 0.1) is 5.92 Å². The van der Waals surface area contributed by atoms with Crippen molar-refractivity contribution in [3.8, 4) is 11.5 Å². The van der Waals surface area contributed by atoms with Crippen LogP contribution in [0.5, 0.6) is 11.5 Å². The topological polar surface area (TPSA) is 130 Å². The van der Waals surface area contributed by atoms with Crippen molar-refractivity contribution in [3.63, 3.8) is 0 Å². The molecule has 2 unspecified atom stereocenters. The van der Waals surface area contributed by atoms with Gasteiger partial charge in [-0.25, -0.2) is 4.68 Å². The average molecular weight is 552 g/mol. The molecule has 3 heterocycles. The Kier molecular flexibility index (Phi) is 8.63. The van der Waals surface area contributed by atoms with E-state index in [1.54, 1.807) is 23.0 Å². The first-order valence-corrected chi connectivity index (χ1v) is 13.9. The Hall–Kier alpha value is -3.54. The second-order valence-corrected chi connectivity index (χ2v) is 10.9. The number of aliphatic hydroxyl groups is 1. The molecule has 2 N–H and O–H groups in total. The van der Waals surface area contributed by atoms with Gasteiger partial charge in [-0.15, -0.1) is 0 Å². The number of nitrogens with zero attached hydrogens (tertiary/aromatic N) is 4. The van der Waals surface area contributed by atoms with Crippen LogP contribution in [0.25, 0.3) is 0 Å². The number of para-hydroxylation sites is 1. The summed E-state index contributed by atoms with van der Waals surface area (Å²) in [5.41, 5.74) is 0.393. The molecule has 1 aliphatic heterocycles. The fourth-order valence-electron chi connectivity index (χ4n) is 5.43. The number of hydrogen-bond donors (Lipinski definition) is 2. The highest BCUT2D eigenvalue weighted by atomic mass is 16.7. The molecule has 2 aliphatic rings.